The number of hydrogen-bond donors (Lipinski definition) is 1. The van der Waals surface area contributed by atoms with E-state index in [9.17, 15) is 28.1 Å². The average Bonchev–Trinajstić information content (AvgIpc) is 2.36. The molecule has 0 spiro atoms. The molecule has 21 heavy (non-hydrogen) atoms. The SMILES string of the molecule is CN(CCC(F)(F)F)C(=O)c1cc(Cl)c(N)c([N+](=O)[O-])c1. The molecule has 0 atom stereocenters. The third kappa shape index (κ3) is 4.48. The number of anilines is 1. The van der Waals surface area contributed by atoms with Crippen LogP contribution in [-0.2, 0) is 0 Å². The van der Waals surface area contributed by atoms with Crippen LogP contribution >= 0.6 is 11.6 Å². The highest BCUT2D eigenvalue weighted by Crippen LogP contribution is 2.31. The number of halogens is 4. The molecule has 0 aliphatic carbocycles. The minimum Gasteiger partial charge on any atom is -0.392 e. The quantitative estimate of drug-likeness (QED) is 0.523. The molecule has 0 aliphatic heterocycles. The monoisotopic (exact) mass is 325 g/mol. The van der Waals surface area contributed by atoms with Crippen molar-refractivity contribution in [3.05, 3.63) is 32.8 Å². The van der Waals surface area contributed by atoms with E-state index < -0.39 is 35.7 Å². The third-order valence-corrected chi connectivity index (χ3v) is 2.94. The van der Waals surface area contributed by atoms with Gasteiger partial charge in [-0.1, -0.05) is 11.6 Å². The normalized spacial score (nSPS) is 11.3. The van der Waals surface area contributed by atoms with Crippen LogP contribution in [0.25, 0.3) is 0 Å². The highest BCUT2D eigenvalue weighted by molar-refractivity contribution is 6.34. The Morgan fingerprint density at radius 1 is 1.48 bits per heavy atom. The Balaban J connectivity index is 3.00. The molecule has 0 radical (unpaired) electrons. The maximum atomic E-state index is 12.1. The van der Waals surface area contributed by atoms with Crippen LogP contribution in [0.5, 0.6) is 0 Å². The van der Waals surface area contributed by atoms with Gasteiger partial charge >= 0.3 is 6.18 Å². The molecule has 6 nitrogen and oxygen atoms in total. The zero-order valence-corrected chi connectivity index (χ0v) is 11.5. The molecule has 1 aromatic rings. The first-order valence-corrected chi connectivity index (χ1v) is 5.96. The molecule has 10 heteroatoms. The largest absolute Gasteiger partial charge is 0.392 e. The van der Waals surface area contributed by atoms with Gasteiger partial charge in [0.05, 0.1) is 16.4 Å². The third-order valence-electron chi connectivity index (χ3n) is 2.63. The molecular formula is C11H11ClF3N3O3. The molecule has 1 aromatic carbocycles. The van der Waals surface area contributed by atoms with Crippen molar-refractivity contribution in [3.8, 4) is 0 Å². The van der Waals surface area contributed by atoms with E-state index in [1.54, 1.807) is 0 Å². The molecule has 0 fully saturated rings. The Labute approximate surface area is 122 Å². The Morgan fingerprint density at radius 3 is 2.52 bits per heavy atom. The summed E-state index contributed by atoms with van der Waals surface area (Å²) in [7, 11) is 1.16. The minimum absolute atomic E-state index is 0.203. The Kier molecular flexibility index (Phi) is 5.00. The van der Waals surface area contributed by atoms with Gasteiger partial charge in [-0.25, -0.2) is 0 Å². The second-order valence-corrected chi connectivity index (χ2v) is 4.65. The number of nitro benzene ring substituents is 1. The summed E-state index contributed by atoms with van der Waals surface area (Å²) >= 11 is 5.68. The number of rotatable bonds is 4. The van der Waals surface area contributed by atoms with Gasteiger partial charge in [0.15, 0.2) is 0 Å². The lowest BCUT2D eigenvalue weighted by Gasteiger charge is -2.18. The summed E-state index contributed by atoms with van der Waals surface area (Å²) in [5.41, 5.74) is 4.31. The van der Waals surface area contributed by atoms with Crippen LogP contribution in [0.2, 0.25) is 5.02 Å². The van der Waals surface area contributed by atoms with Gasteiger partial charge < -0.3 is 10.6 Å². The van der Waals surface area contributed by atoms with Gasteiger partial charge in [-0.3, -0.25) is 14.9 Å². The van der Waals surface area contributed by atoms with Crippen molar-refractivity contribution in [1.29, 1.82) is 0 Å². The average molecular weight is 326 g/mol. The van der Waals surface area contributed by atoms with Gasteiger partial charge in [0.25, 0.3) is 11.6 Å². The van der Waals surface area contributed by atoms with E-state index >= 15 is 0 Å². The van der Waals surface area contributed by atoms with Crippen LogP contribution in [0.4, 0.5) is 24.5 Å². The Morgan fingerprint density at radius 2 is 2.05 bits per heavy atom. The molecule has 2 N–H and O–H groups in total. The summed E-state index contributed by atoms with van der Waals surface area (Å²) in [6, 6.07) is 1.96. The van der Waals surface area contributed by atoms with Crippen molar-refractivity contribution in [2.45, 2.75) is 12.6 Å². The number of alkyl halides is 3. The molecule has 116 valence electrons. The fraction of sp³-hybridized carbons (Fsp3) is 0.364. The van der Waals surface area contributed by atoms with Crippen molar-refractivity contribution in [3.63, 3.8) is 0 Å². The van der Waals surface area contributed by atoms with Crippen LogP contribution in [0.15, 0.2) is 12.1 Å². The van der Waals surface area contributed by atoms with E-state index in [-0.39, 0.29) is 16.3 Å². The van der Waals surface area contributed by atoms with Gasteiger partial charge in [0.2, 0.25) is 0 Å². The topological polar surface area (TPSA) is 89.5 Å². The van der Waals surface area contributed by atoms with Crippen molar-refractivity contribution >= 4 is 28.9 Å². The number of nitrogens with zero attached hydrogens (tertiary/aromatic N) is 2. The van der Waals surface area contributed by atoms with Crippen LogP contribution in [0, 0.1) is 10.1 Å². The van der Waals surface area contributed by atoms with Crippen molar-refractivity contribution in [2.24, 2.45) is 0 Å². The molecule has 0 saturated heterocycles. The number of carbonyl (C=O) groups excluding carboxylic acids is 1. The summed E-state index contributed by atoms with van der Waals surface area (Å²) < 4.78 is 36.3. The highest BCUT2D eigenvalue weighted by atomic mass is 35.5. The molecule has 0 saturated carbocycles. The lowest BCUT2D eigenvalue weighted by molar-refractivity contribution is -0.383. The van der Waals surface area contributed by atoms with E-state index in [1.165, 1.54) is 0 Å². The van der Waals surface area contributed by atoms with E-state index in [0.717, 1.165) is 24.1 Å². The fourth-order valence-electron chi connectivity index (χ4n) is 1.49. The second-order valence-electron chi connectivity index (χ2n) is 4.24. The van der Waals surface area contributed by atoms with E-state index in [1.807, 2.05) is 0 Å². The molecule has 0 aromatic heterocycles. The predicted octanol–water partition coefficient (Wildman–Crippen LogP) is 2.85. The van der Waals surface area contributed by atoms with Crippen LogP contribution in [0.1, 0.15) is 16.8 Å². The molecule has 1 rings (SSSR count). The van der Waals surface area contributed by atoms with E-state index in [2.05, 4.69) is 0 Å². The van der Waals surface area contributed by atoms with Crippen molar-refractivity contribution in [1.82, 2.24) is 4.90 Å². The lowest BCUT2D eigenvalue weighted by atomic mass is 10.1. The van der Waals surface area contributed by atoms with E-state index in [4.69, 9.17) is 17.3 Å². The minimum atomic E-state index is -4.40. The molecular weight excluding hydrogens is 315 g/mol. The Hall–Kier alpha value is -2.03. The van der Waals surface area contributed by atoms with Crippen molar-refractivity contribution < 1.29 is 22.9 Å². The Bertz CT molecular complexity index is 578. The number of hydrogen-bond acceptors (Lipinski definition) is 4. The number of carbonyl (C=O) groups is 1. The summed E-state index contributed by atoms with van der Waals surface area (Å²) in [6.07, 6.45) is -5.58. The molecule has 0 unspecified atom stereocenters. The summed E-state index contributed by atoms with van der Waals surface area (Å²) in [5, 5.41) is 10.6. The number of nitrogen functional groups attached to an aromatic ring is 1. The van der Waals surface area contributed by atoms with Crippen LogP contribution < -0.4 is 5.73 Å². The first-order chi connectivity index (χ1) is 9.53. The van der Waals surface area contributed by atoms with Gasteiger partial charge in [-0.05, 0) is 6.07 Å². The standard InChI is InChI=1S/C11H11ClF3N3O3/c1-17(3-2-11(13,14)15)10(19)6-4-7(12)9(16)8(5-6)18(20)21/h4-5H,2-3,16H2,1H3. The maximum absolute atomic E-state index is 12.1. The highest BCUT2D eigenvalue weighted by Gasteiger charge is 2.29. The second kappa shape index (κ2) is 6.17. The summed E-state index contributed by atoms with van der Waals surface area (Å²) in [4.78, 5) is 22.7. The number of benzene rings is 1. The van der Waals surface area contributed by atoms with E-state index in [0.29, 0.717) is 0 Å². The summed E-state index contributed by atoms with van der Waals surface area (Å²) in [6.45, 7) is -0.571. The number of nitrogens with two attached hydrogens (primary N) is 1. The molecule has 0 bridgehead atoms. The number of nitro groups is 1. The van der Waals surface area contributed by atoms with Crippen molar-refractivity contribution in [2.75, 3.05) is 19.3 Å². The molecule has 1 amide bonds. The predicted molar refractivity (Wildman–Crippen MR) is 70.2 cm³/mol. The zero-order chi connectivity index (χ0) is 16.4. The maximum Gasteiger partial charge on any atom is 0.390 e. The van der Waals surface area contributed by atoms with Gasteiger partial charge in [-0.2, -0.15) is 13.2 Å². The first-order valence-electron chi connectivity index (χ1n) is 5.58. The summed E-state index contributed by atoms with van der Waals surface area (Å²) in [5.74, 6) is -0.816. The zero-order valence-electron chi connectivity index (χ0n) is 10.8. The lowest BCUT2D eigenvalue weighted by Crippen LogP contribution is -2.30. The first kappa shape index (κ1) is 17.0. The molecule has 0 heterocycles. The van der Waals surface area contributed by atoms with Crippen LogP contribution in [-0.4, -0.2) is 35.5 Å². The van der Waals surface area contributed by atoms with Gasteiger partial charge in [-0.15, -0.1) is 0 Å². The van der Waals surface area contributed by atoms with Crippen LogP contribution in [0.3, 0.4) is 0 Å². The molecule has 0 aliphatic rings. The smallest absolute Gasteiger partial charge is 0.390 e. The number of amides is 1. The fourth-order valence-corrected chi connectivity index (χ4v) is 1.71. The van der Waals surface area contributed by atoms with Gasteiger partial charge in [0, 0.05) is 25.2 Å². The van der Waals surface area contributed by atoms with Gasteiger partial charge in [0.1, 0.15) is 5.69 Å².